The highest BCUT2D eigenvalue weighted by Gasteiger charge is 2.30. The Morgan fingerprint density at radius 3 is 2.47 bits per heavy atom. The molecule has 10 nitrogen and oxygen atoms in total. The summed E-state index contributed by atoms with van der Waals surface area (Å²) in [5, 5.41) is 3.60. The molecule has 1 unspecified atom stereocenters. The molecular formula is C24H26N4O6S2. The molecule has 0 aliphatic carbocycles. The minimum absolute atomic E-state index is 0.0718. The lowest BCUT2D eigenvalue weighted by Crippen LogP contribution is -2.27. The van der Waals surface area contributed by atoms with Crippen LogP contribution in [0.2, 0.25) is 0 Å². The Balaban J connectivity index is 2.04. The fraction of sp³-hybridized carbons (Fsp3) is 0.333. The number of ether oxygens (including phenoxy) is 2. The first-order chi connectivity index (χ1) is 16.8. The molecule has 0 saturated heterocycles. The molecule has 2 aromatic heterocycles. The van der Waals surface area contributed by atoms with Crippen molar-refractivity contribution in [2.24, 2.45) is 5.73 Å². The van der Waals surface area contributed by atoms with Gasteiger partial charge in [0.1, 0.15) is 11.4 Å². The lowest BCUT2D eigenvalue weighted by Gasteiger charge is -2.19. The third-order valence-electron chi connectivity index (χ3n) is 4.95. The molecule has 1 aromatic carbocycles. The molecule has 12 heteroatoms. The van der Waals surface area contributed by atoms with Gasteiger partial charge in [-0.3, -0.25) is 19.0 Å². The van der Waals surface area contributed by atoms with Gasteiger partial charge in [-0.05, 0) is 52.8 Å². The molecule has 2 N–H and O–H groups in total. The number of rotatable bonds is 7. The molecule has 0 fully saturated rings. The van der Waals surface area contributed by atoms with Gasteiger partial charge in [-0.2, -0.15) is 5.10 Å². The summed E-state index contributed by atoms with van der Waals surface area (Å²) < 4.78 is 14.1. The van der Waals surface area contributed by atoms with Crippen LogP contribution in [0.15, 0.2) is 36.7 Å². The summed E-state index contributed by atoms with van der Waals surface area (Å²) in [6.07, 6.45) is 3.24. The molecular weight excluding hydrogens is 504 g/mol. The maximum atomic E-state index is 13.5. The number of thiocarbonyl (C=S) groups is 1. The van der Waals surface area contributed by atoms with Crippen LogP contribution in [0.4, 0.5) is 0 Å². The molecule has 2 heterocycles. The van der Waals surface area contributed by atoms with Crippen molar-refractivity contribution in [1.82, 2.24) is 14.3 Å². The van der Waals surface area contributed by atoms with E-state index in [2.05, 4.69) is 5.10 Å². The van der Waals surface area contributed by atoms with Gasteiger partial charge in [-0.1, -0.05) is 30.0 Å². The quantitative estimate of drug-likeness (QED) is 0.211. The molecule has 0 radical (unpaired) electrons. The maximum Gasteiger partial charge on any atom is 0.344 e. The van der Waals surface area contributed by atoms with Crippen molar-refractivity contribution in [2.45, 2.75) is 45.5 Å². The van der Waals surface area contributed by atoms with Crippen LogP contribution in [-0.2, 0) is 14.3 Å². The highest BCUT2D eigenvalue weighted by atomic mass is 32.2. The van der Waals surface area contributed by atoms with Crippen molar-refractivity contribution < 1.29 is 28.7 Å². The third kappa shape index (κ3) is 5.82. The number of nitrogens with zero attached hydrogens (tertiary/aromatic N) is 3. The molecule has 1 atom stereocenters. The van der Waals surface area contributed by atoms with Gasteiger partial charge in [0.2, 0.25) is 5.91 Å². The number of carbonyl (C=O) groups is 4. The number of hydrogen-bond acceptors (Lipinski definition) is 9. The smallest absolute Gasteiger partial charge is 0.344 e. The number of Topliss-reactive ketones (excluding diaryl/α,β-unsaturated/α-hetero) is 1. The SMILES string of the molecule is Cc1c(C(=O)C(N)=O)c2c(OCC(=O)OC(C)(C)C)cccc2n1C(=O)C(C)SC(=S)n1cccn1. The summed E-state index contributed by atoms with van der Waals surface area (Å²) in [7, 11) is 0. The lowest BCUT2D eigenvalue weighted by molar-refractivity contribution is -0.157. The van der Waals surface area contributed by atoms with Gasteiger partial charge < -0.3 is 15.2 Å². The second-order valence-electron chi connectivity index (χ2n) is 8.83. The summed E-state index contributed by atoms with van der Waals surface area (Å²) in [6, 6.07) is 6.47. The van der Waals surface area contributed by atoms with Gasteiger partial charge in [0, 0.05) is 18.1 Å². The first-order valence-corrected chi connectivity index (χ1v) is 12.2. The molecule has 3 aromatic rings. The summed E-state index contributed by atoms with van der Waals surface area (Å²) in [5.41, 5.74) is 5.06. The monoisotopic (exact) mass is 530 g/mol. The van der Waals surface area contributed by atoms with Gasteiger partial charge in [-0.15, -0.1) is 0 Å². The fourth-order valence-corrected chi connectivity index (χ4v) is 4.82. The van der Waals surface area contributed by atoms with Crippen LogP contribution in [0, 0.1) is 6.92 Å². The lowest BCUT2D eigenvalue weighted by atomic mass is 10.1. The largest absolute Gasteiger partial charge is 0.481 e. The standard InChI is InChI=1S/C24H26N4O6S2/c1-13-18(20(30)21(25)31)19-15(8-6-9-16(19)33-12-17(29)34-24(3,4)5)28(13)22(32)14(2)36-23(35)27-11-7-10-26-27/h6-11,14H,12H2,1-5H3,(H2,25,31). The van der Waals surface area contributed by atoms with Crippen LogP contribution in [0.1, 0.15) is 48.5 Å². The zero-order valence-corrected chi connectivity index (χ0v) is 22.1. The fourth-order valence-electron chi connectivity index (χ4n) is 3.56. The predicted octanol–water partition coefficient (Wildman–Crippen LogP) is 3.13. The Bertz CT molecular complexity index is 1360. The first-order valence-electron chi connectivity index (χ1n) is 10.9. The van der Waals surface area contributed by atoms with Crippen LogP contribution in [0.5, 0.6) is 5.75 Å². The number of benzene rings is 1. The van der Waals surface area contributed by atoms with Crippen molar-refractivity contribution in [1.29, 1.82) is 0 Å². The zero-order chi connectivity index (χ0) is 26.8. The topological polar surface area (TPSA) is 136 Å². The summed E-state index contributed by atoms with van der Waals surface area (Å²) >= 11 is 6.49. The second-order valence-corrected chi connectivity index (χ2v) is 10.8. The predicted molar refractivity (Wildman–Crippen MR) is 139 cm³/mol. The van der Waals surface area contributed by atoms with Crippen molar-refractivity contribution in [3.05, 3.63) is 47.9 Å². The third-order valence-corrected chi connectivity index (χ3v) is 6.37. The van der Waals surface area contributed by atoms with Crippen LogP contribution in [0.25, 0.3) is 10.9 Å². The van der Waals surface area contributed by atoms with Gasteiger partial charge in [0.05, 0.1) is 21.7 Å². The van der Waals surface area contributed by atoms with E-state index in [0.29, 0.717) is 9.84 Å². The number of thioether (sulfide) groups is 1. The molecule has 36 heavy (non-hydrogen) atoms. The van der Waals surface area contributed by atoms with E-state index in [-0.39, 0.29) is 28.3 Å². The molecule has 1 amide bonds. The number of fused-ring (bicyclic) bond motifs is 1. The van der Waals surface area contributed by atoms with E-state index >= 15 is 0 Å². The van der Waals surface area contributed by atoms with Crippen LogP contribution in [0.3, 0.4) is 0 Å². The van der Waals surface area contributed by atoms with Crippen LogP contribution >= 0.6 is 24.0 Å². The number of carbonyl (C=O) groups excluding carboxylic acids is 4. The van der Waals surface area contributed by atoms with Gasteiger partial charge in [0.25, 0.3) is 11.7 Å². The van der Waals surface area contributed by atoms with Crippen molar-refractivity contribution in [2.75, 3.05) is 6.61 Å². The van der Waals surface area contributed by atoms with E-state index in [4.69, 9.17) is 27.4 Å². The van der Waals surface area contributed by atoms with Crippen molar-refractivity contribution >= 4 is 62.8 Å². The second kappa shape index (κ2) is 10.6. The molecule has 0 aliphatic heterocycles. The number of esters is 1. The van der Waals surface area contributed by atoms with E-state index < -0.39 is 35.1 Å². The minimum Gasteiger partial charge on any atom is -0.481 e. The molecule has 0 aliphatic rings. The molecule has 3 rings (SSSR count). The van der Waals surface area contributed by atoms with Crippen molar-refractivity contribution in [3.8, 4) is 5.75 Å². The van der Waals surface area contributed by atoms with Crippen LogP contribution in [-0.4, -0.2) is 59.7 Å². The van der Waals surface area contributed by atoms with E-state index in [0.717, 1.165) is 11.8 Å². The number of ketones is 1. The van der Waals surface area contributed by atoms with E-state index in [1.807, 2.05) is 0 Å². The Morgan fingerprint density at radius 2 is 1.89 bits per heavy atom. The Kier molecular flexibility index (Phi) is 7.99. The van der Waals surface area contributed by atoms with Gasteiger partial charge >= 0.3 is 5.97 Å². The van der Waals surface area contributed by atoms with E-state index in [1.165, 1.54) is 22.2 Å². The average molecular weight is 531 g/mol. The molecule has 0 saturated carbocycles. The highest BCUT2D eigenvalue weighted by Crippen LogP contribution is 2.35. The van der Waals surface area contributed by atoms with Gasteiger partial charge in [0.15, 0.2) is 10.9 Å². The number of aromatic nitrogens is 3. The number of primary amides is 1. The molecule has 0 spiro atoms. The van der Waals surface area contributed by atoms with Crippen LogP contribution < -0.4 is 10.5 Å². The first kappa shape index (κ1) is 27.1. The summed E-state index contributed by atoms with van der Waals surface area (Å²) in [6.45, 7) is 7.94. The Hall–Kier alpha value is -3.51. The van der Waals surface area contributed by atoms with E-state index in [9.17, 15) is 19.2 Å². The molecule has 190 valence electrons. The normalized spacial score (nSPS) is 12.2. The van der Waals surface area contributed by atoms with E-state index in [1.54, 1.807) is 58.3 Å². The summed E-state index contributed by atoms with van der Waals surface area (Å²) in [4.78, 5) is 50.4. The molecule has 0 bridgehead atoms. The zero-order valence-electron chi connectivity index (χ0n) is 20.4. The minimum atomic E-state index is -1.19. The van der Waals surface area contributed by atoms with Crippen molar-refractivity contribution in [3.63, 3.8) is 0 Å². The Morgan fingerprint density at radius 1 is 1.19 bits per heavy atom. The number of nitrogens with two attached hydrogens (primary N) is 1. The summed E-state index contributed by atoms with van der Waals surface area (Å²) in [5.74, 6) is -3.04. The number of amides is 1. The highest BCUT2D eigenvalue weighted by molar-refractivity contribution is 8.23. The number of hydrogen-bond donors (Lipinski definition) is 1. The maximum absolute atomic E-state index is 13.5. The van der Waals surface area contributed by atoms with Gasteiger partial charge in [-0.25, -0.2) is 9.48 Å². The average Bonchev–Trinajstić information content (AvgIpc) is 3.42. The Labute approximate surface area is 217 Å².